The SMILES string of the molecule is COC(=O)[C@@H](CCC[NH+]=C(N)N)NS(=O)(=O)c1ccc(C)cc1. The lowest BCUT2D eigenvalue weighted by Gasteiger charge is -2.16. The second-order valence-corrected chi connectivity index (χ2v) is 6.75. The van der Waals surface area contributed by atoms with E-state index in [0.717, 1.165) is 5.56 Å². The molecule has 8 nitrogen and oxygen atoms in total. The number of nitrogens with one attached hydrogen (secondary N) is 2. The summed E-state index contributed by atoms with van der Waals surface area (Å²) in [6, 6.07) is 5.36. The minimum Gasteiger partial charge on any atom is -0.468 e. The molecule has 0 heterocycles. The van der Waals surface area contributed by atoms with Gasteiger partial charge in [0.2, 0.25) is 10.0 Å². The molecule has 0 unspecified atom stereocenters. The van der Waals surface area contributed by atoms with Crippen LogP contribution in [0.5, 0.6) is 0 Å². The standard InChI is InChI=1S/C14H22N4O4S/c1-10-5-7-11(8-6-10)23(20,21)18-12(13(19)22-2)4-3-9-17-14(15)16/h5-8,12,18H,3-4,9H2,1-2H3,(H4,15,16,17)/p+1/t12-/m1/s1. The van der Waals surface area contributed by atoms with Crippen LogP contribution in [0.15, 0.2) is 29.2 Å². The average molecular weight is 343 g/mol. The van der Waals surface area contributed by atoms with Crippen molar-refractivity contribution in [1.82, 2.24) is 4.72 Å². The van der Waals surface area contributed by atoms with Gasteiger partial charge < -0.3 is 4.74 Å². The molecule has 0 saturated heterocycles. The Balaban J connectivity index is 2.81. The molecule has 9 heteroatoms. The zero-order valence-corrected chi connectivity index (χ0v) is 14.0. The zero-order valence-electron chi connectivity index (χ0n) is 13.2. The van der Waals surface area contributed by atoms with E-state index in [1.807, 2.05) is 6.92 Å². The van der Waals surface area contributed by atoms with Gasteiger partial charge in [0.15, 0.2) is 0 Å². The van der Waals surface area contributed by atoms with Gasteiger partial charge >= 0.3 is 11.9 Å². The molecule has 1 aromatic rings. The normalized spacial score (nSPS) is 12.4. The molecule has 128 valence electrons. The number of carbonyl (C=O) groups is 1. The molecule has 0 aliphatic carbocycles. The molecule has 0 aliphatic rings. The van der Waals surface area contributed by atoms with Gasteiger partial charge in [-0.3, -0.25) is 21.3 Å². The molecule has 0 saturated carbocycles. The van der Waals surface area contributed by atoms with Gasteiger partial charge in [-0.15, -0.1) is 0 Å². The first kappa shape index (κ1) is 18.9. The Morgan fingerprint density at radius 2 is 1.91 bits per heavy atom. The van der Waals surface area contributed by atoms with Crippen LogP contribution in [0.25, 0.3) is 0 Å². The smallest absolute Gasteiger partial charge is 0.338 e. The summed E-state index contributed by atoms with van der Waals surface area (Å²) < 4.78 is 31.7. The summed E-state index contributed by atoms with van der Waals surface area (Å²) in [7, 11) is -2.60. The summed E-state index contributed by atoms with van der Waals surface area (Å²) in [5, 5.41) is 0. The molecular weight excluding hydrogens is 320 g/mol. The predicted molar refractivity (Wildman–Crippen MR) is 85.8 cm³/mol. The minimum atomic E-state index is -3.81. The van der Waals surface area contributed by atoms with Crippen LogP contribution >= 0.6 is 0 Å². The van der Waals surface area contributed by atoms with Gasteiger partial charge in [-0.05, 0) is 31.9 Å². The van der Waals surface area contributed by atoms with Crippen LogP contribution in [-0.4, -0.2) is 40.0 Å². The van der Waals surface area contributed by atoms with E-state index in [9.17, 15) is 13.2 Å². The molecule has 0 bridgehead atoms. The number of sulfonamides is 1. The fourth-order valence-corrected chi connectivity index (χ4v) is 3.10. The Bertz CT molecular complexity index is 652. The quantitative estimate of drug-likeness (QED) is 0.185. The highest BCUT2D eigenvalue weighted by molar-refractivity contribution is 7.89. The molecule has 0 radical (unpaired) electrons. The second kappa shape index (κ2) is 8.49. The average Bonchev–Trinajstić information content (AvgIpc) is 2.49. The van der Waals surface area contributed by atoms with Crippen molar-refractivity contribution in [1.29, 1.82) is 0 Å². The number of esters is 1. The monoisotopic (exact) mass is 343 g/mol. The fourth-order valence-electron chi connectivity index (χ4n) is 1.88. The third kappa shape index (κ3) is 6.25. The number of nitrogens with two attached hydrogens (primary N) is 2. The molecule has 0 fully saturated rings. The number of benzene rings is 1. The van der Waals surface area contributed by atoms with E-state index in [4.69, 9.17) is 11.5 Å². The van der Waals surface area contributed by atoms with Gasteiger partial charge in [0, 0.05) is 0 Å². The van der Waals surface area contributed by atoms with E-state index in [2.05, 4.69) is 14.5 Å². The largest absolute Gasteiger partial charge is 0.468 e. The summed E-state index contributed by atoms with van der Waals surface area (Å²) >= 11 is 0. The van der Waals surface area contributed by atoms with Crippen molar-refractivity contribution in [2.75, 3.05) is 13.7 Å². The Morgan fingerprint density at radius 3 is 2.43 bits per heavy atom. The lowest BCUT2D eigenvalue weighted by atomic mass is 10.2. The van der Waals surface area contributed by atoms with E-state index in [1.165, 1.54) is 19.2 Å². The van der Waals surface area contributed by atoms with Crippen molar-refractivity contribution < 1.29 is 22.9 Å². The summed E-state index contributed by atoms with van der Waals surface area (Å²) in [5.41, 5.74) is 11.5. The second-order valence-electron chi connectivity index (χ2n) is 5.03. The summed E-state index contributed by atoms with van der Waals surface area (Å²) in [6.45, 7) is 2.27. The first-order valence-corrected chi connectivity index (χ1v) is 8.53. The molecular formula is C14H23N4O4S+. The van der Waals surface area contributed by atoms with E-state index in [-0.39, 0.29) is 17.3 Å². The maximum atomic E-state index is 12.3. The van der Waals surface area contributed by atoms with Crippen molar-refractivity contribution in [3.8, 4) is 0 Å². The molecule has 0 amide bonds. The maximum absolute atomic E-state index is 12.3. The number of carbonyl (C=O) groups excluding carboxylic acids is 1. The summed E-state index contributed by atoms with van der Waals surface area (Å²) in [6.07, 6.45) is 0.728. The van der Waals surface area contributed by atoms with E-state index in [0.29, 0.717) is 13.0 Å². The highest BCUT2D eigenvalue weighted by Gasteiger charge is 2.26. The number of hydrogen-bond donors (Lipinski definition) is 4. The molecule has 0 aromatic heterocycles. The third-order valence-electron chi connectivity index (χ3n) is 3.11. The van der Waals surface area contributed by atoms with E-state index < -0.39 is 22.0 Å². The van der Waals surface area contributed by atoms with Crippen LogP contribution in [-0.2, 0) is 19.6 Å². The van der Waals surface area contributed by atoms with Crippen molar-refractivity contribution in [3.63, 3.8) is 0 Å². The van der Waals surface area contributed by atoms with Gasteiger partial charge in [0.1, 0.15) is 6.04 Å². The Kier molecular flexibility index (Phi) is 6.98. The van der Waals surface area contributed by atoms with Crippen LogP contribution in [0.4, 0.5) is 0 Å². The van der Waals surface area contributed by atoms with E-state index in [1.54, 1.807) is 12.1 Å². The van der Waals surface area contributed by atoms with Crippen molar-refractivity contribution in [3.05, 3.63) is 29.8 Å². The van der Waals surface area contributed by atoms with Gasteiger partial charge in [-0.25, -0.2) is 8.42 Å². The van der Waals surface area contributed by atoms with Crippen LogP contribution in [0.3, 0.4) is 0 Å². The Labute approximate surface area is 136 Å². The van der Waals surface area contributed by atoms with Crippen LogP contribution in [0.1, 0.15) is 18.4 Å². The maximum Gasteiger partial charge on any atom is 0.338 e. The van der Waals surface area contributed by atoms with Crippen molar-refractivity contribution >= 4 is 22.0 Å². The van der Waals surface area contributed by atoms with Gasteiger partial charge in [-0.2, -0.15) is 4.72 Å². The Hall–Kier alpha value is -2.13. The molecule has 1 atom stereocenters. The zero-order chi connectivity index (χ0) is 17.5. The topological polar surface area (TPSA) is 138 Å². The lowest BCUT2D eigenvalue weighted by Crippen LogP contribution is -2.78. The minimum absolute atomic E-state index is 0.0693. The number of hydrogen-bond acceptors (Lipinski definition) is 4. The fraction of sp³-hybridized carbons (Fsp3) is 0.429. The number of ether oxygens (including phenoxy) is 1. The molecule has 0 spiro atoms. The highest BCUT2D eigenvalue weighted by Crippen LogP contribution is 2.12. The molecule has 1 aromatic carbocycles. The third-order valence-corrected chi connectivity index (χ3v) is 4.60. The molecule has 6 N–H and O–H groups in total. The van der Waals surface area contributed by atoms with Gasteiger partial charge in [-0.1, -0.05) is 17.7 Å². The van der Waals surface area contributed by atoms with Gasteiger partial charge in [0.25, 0.3) is 0 Å². The highest BCUT2D eigenvalue weighted by atomic mass is 32.2. The number of rotatable bonds is 8. The molecule has 0 aliphatic heterocycles. The number of guanidine groups is 1. The van der Waals surface area contributed by atoms with E-state index >= 15 is 0 Å². The van der Waals surface area contributed by atoms with Crippen LogP contribution in [0, 0.1) is 6.92 Å². The van der Waals surface area contributed by atoms with Crippen LogP contribution < -0.4 is 21.2 Å². The molecule has 1 rings (SSSR count). The van der Waals surface area contributed by atoms with Crippen molar-refractivity contribution in [2.45, 2.75) is 30.7 Å². The Morgan fingerprint density at radius 1 is 1.30 bits per heavy atom. The van der Waals surface area contributed by atoms with Crippen LogP contribution in [0.2, 0.25) is 0 Å². The number of methoxy groups -OCH3 is 1. The summed E-state index contributed by atoms with van der Waals surface area (Å²) in [5.74, 6) is -0.578. The first-order chi connectivity index (χ1) is 10.8. The first-order valence-electron chi connectivity index (χ1n) is 7.05. The predicted octanol–water partition coefficient (Wildman–Crippen LogP) is -2.05. The molecule has 23 heavy (non-hydrogen) atoms. The van der Waals surface area contributed by atoms with Crippen molar-refractivity contribution in [2.24, 2.45) is 11.5 Å². The lowest BCUT2D eigenvalue weighted by molar-refractivity contribution is -0.459. The number of aryl methyl sites for hydroxylation is 1. The summed E-state index contributed by atoms with van der Waals surface area (Å²) in [4.78, 5) is 14.6. The van der Waals surface area contributed by atoms with Gasteiger partial charge in [0.05, 0.1) is 18.6 Å².